The van der Waals surface area contributed by atoms with Crippen molar-refractivity contribution in [2.45, 2.75) is 20.8 Å². The highest BCUT2D eigenvalue weighted by Crippen LogP contribution is 2.31. The van der Waals surface area contributed by atoms with E-state index in [1.807, 2.05) is 44.2 Å². The van der Waals surface area contributed by atoms with E-state index in [0.717, 1.165) is 16.9 Å². The number of urea groups is 1. The van der Waals surface area contributed by atoms with Crippen LogP contribution >= 0.6 is 11.3 Å². The van der Waals surface area contributed by atoms with Crippen LogP contribution < -0.4 is 5.32 Å². The van der Waals surface area contributed by atoms with E-state index in [-0.39, 0.29) is 12.6 Å². The smallest absolute Gasteiger partial charge is 0.350 e. The molecule has 0 spiro atoms. The van der Waals surface area contributed by atoms with E-state index in [1.165, 1.54) is 0 Å². The Hall–Kier alpha value is -2.41. The molecule has 0 saturated heterocycles. The van der Waals surface area contributed by atoms with Gasteiger partial charge in [0.05, 0.1) is 12.3 Å². The quantitative estimate of drug-likeness (QED) is 0.806. The molecule has 0 aliphatic carbocycles. The second kappa shape index (κ2) is 8.44. The van der Waals surface area contributed by atoms with E-state index in [0.29, 0.717) is 28.8 Å². The minimum atomic E-state index is -0.433. The fourth-order valence-electron chi connectivity index (χ4n) is 2.18. The normalized spacial score (nSPS) is 10.3. The third kappa shape index (κ3) is 4.11. The summed E-state index contributed by atoms with van der Waals surface area (Å²) in [5, 5.41) is 3.14. The molecule has 0 radical (unpaired) electrons. The maximum absolute atomic E-state index is 12.2. The summed E-state index contributed by atoms with van der Waals surface area (Å²) in [5.41, 5.74) is 1.33. The molecule has 0 unspecified atom stereocenters. The molecule has 0 fully saturated rings. The molecule has 128 valence electrons. The van der Waals surface area contributed by atoms with E-state index in [1.54, 1.807) is 11.8 Å². The zero-order valence-electron chi connectivity index (χ0n) is 14.0. The van der Waals surface area contributed by atoms with Crippen molar-refractivity contribution in [2.24, 2.45) is 0 Å². The van der Waals surface area contributed by atoms with Crippen molar-refractivity contribution in [1.29, 1.82) is 0 Å². The highest BCUT2D eigenvalue weighted by molar-refractivity contribution is 7.18. The number of carbonyl (C=O) groups excluding carboxylic acids is 2. The Balaban J connectivity index is 2.34. The molecule has 1 N–H and O–H groups in total. The highest BCUT2D eigenvalue weighted by atomic mass is 32.1. The first kappa shape index (κ1) is 17.9. The first-order valence-electron chi connectivity index (χ1n) is 7.89. The Kier molecular flexibility index (Phi) is 6.31. The fraction of sp³-hybridized carbons (Fsp3) is 0.353. The maximum atomic E-state index is 12.2. The molecule has 1 heterocycles. The number of esters is 1. The Morgan fingerprint density at radius 1 is 1.17 bits per heavy atom. The number of nitrogens with zero attached hydrogens (tertiary/aromatic N) is 2. The monoisotopic (exact) mass is 347 g/mol. The van der Waals surface area contributed by atoms with Gasteiger partial charge in [-0.05, 0) is 20.8 Å². The number of rotatable bonds is 6. The van der Waals surface area contributed by atoms with Crippen molar-refractivity contribution < 1.29 is 14.3 Å². The van der Waals surface area contributed by atoms with Gasteiger partial charge in [-0.2, -0.15) is 0 Å². The van der Waals surface area contributed by atoms with Crippen LogP contribution in [0.5, 0.6) is 0 Å². The summed E-state index contributed by atoms with van der Waals surface area (Å²) < 4.78 is 5.11. The van der Waals surface area contributed by atoms with Gasteiger partial charge in [-0.15, -0.1) is 0 Å². The van der Waals surface area contributed by atoms with Gasteiger partial charge in [0.15, 0.2) is 5.13 Å². The molecular weight excluding hydrogens is 326 g/mol. The lowest BCUT2D eigenvalue weighted by Crippen LogP contribution is -2.34. The number of benzene rings is 1. The summed E-state index contributed by atoms with van der Waals surface area (Å²) in [5.74, 6) is -0.433. The number of thiazole rings is 1. The van der Waals surface area contributed by atoms with E-state index in [4.69, 9.17) is 4.74 Å². The highest BCUT2D eigenvalue weighted by Gasteiger charge is 2.22. The molecular formula is C17H21N3O3S. The summed E-state index contributed by atoms with van der Waals surface area (Å²) in [6, 6.07) is 9.14. The topological polar surface area (TPSA) is 71.5 Å². The molecule has 0 atom stereocenters. The summed E-state index contributed by atoms with van der Waals surface area (Å²) in [6.45, 7) is 7.05. The fourth-order valence-corrected chi connectivity index (χ4v) is 3.05. The van der Waals surface area contributed by atoms with Crippen molar-refractivity contribution >= 4 is 28.5 Å². The van der Waals surface area contributed by atoms with E-state index in [9.17, 15) is 9.59 Å². The number of ether oxygens (including phenoxy) is 1. The van der Waals surface area contributed by atoms with Gasteiger partial charge in [0.1, 0.15) is 4.88 Å². The second-order valence-electron chi connectivity index (χ2n) is 4.89. The van der Waals surface area contributed by atoms with Crippen LogP contribution in [0.15, 0.2) is 30.3 Å². The minimum absolute atomic E-state index is 0.233. The first-order chi connectivity index (χ1) is 11.6. The van der Waals surface area contributed by atoms with Gasteiger partial charge >= 0.3 is 12.0 Å². The Morgan fingerprint density at radius 3 is 2.42 bits per heavy atom. The molecule has 0 aliphatic rings. The molecule has 2 aromatic rings. The number of carbonyl (C=O) groups is 2. The van der Waals surface area contributed by atoms with Crippen molar-refractivity contribution in [3.05, 3.63) is 35.2 Å². The zero-order valence-corrected chi connectivity index (χ0v) is 14.9. The number of hydrogen-bond donors (Lipinski definition) is 1. The van der Waals surface area contributed by atoms with Crippen molar-refractivity contribution in [1.82, 2.24) is 9.88 Å². The van der Waals surface area contributed by atoms with Crippen LogP contribution in [-0.2, 0) is 4.74 Å². The number of nitrogens with one attached hydrogen (secondary N) is 1. The largest absolute Gasteiger partial charge is 0.462 e. The van der Waals surface area contributed by atoms with Crippen LogP contribution in [0.2, 0.25) is 0 Å². The molecule has 1 aromatic carbocycles. The second-order valence-corrected chi connectivity index (χ2v) is 5.88. The Bertz CT molecular complexity index is 696. The molecule has 0 bridgehead atoms. The SMILES string of the molecule is CCOC(=O)c1sc(NC(=O)N(CC)CC)nc1-c1ccccc1. The van der Waals surface area contributed by atoms with Crippen LogP contribution in [-0.4, -0.2) is 41.6 Å². The predicted octanol–water partition coefficient (Wildman–Crippen LogP) is 3.86. The van der Waals surface area contributed by atoms with Gasteiger partial charge in [0, 0.05) is 18.7 Å². The average Bonchev–Trinajstić information content (AvgIpc) is 3.01. The van der Waals surface area contributed by atoms with Crippen LogP contribution in [0.1, 0.15) is 30.4 Å². The molecule has 1 aromatic heterocycles. The summed E-state index contributed by atoms with van der Waals surface area (Å²) >= 11 is 1.12. The van der Waals surface area contributed by atoms with E-state index in [2.05, 4.69) is 10.3 Å². The Labute approximate surface area is 145 Å². The third-order valence-electron chi connectivity index (χ3n) is 3.40. The lowest BCUT2D eigenvalue weighted by Gasteiger charge is -2.17. The van der Waals surface area contributed by atoms with Gasteiger partial charge in [0.2, 0.25) is 0 Å². The van der Waals surface area contributed by atoms with Crippen LogP contribution in [0.25, 0.3) is 11.3 Å². The van der Waals surface area contributed by atoms with Crippen LogP contribution in [0.4, 0.5) is 9.93 Å². The van der Waals surface area contributed by atoms with Gasteiger partial charge in [0.25, 0.3) is 0 Å². The van der Waals surface area contributed by atoms with Crippen LogP contribution in [0, 0.1) is 0 Å². The molecule has 0 aliphatic heterocycles. The van der Waals surface area contributed by atoms with Crippen LogP contribution in [0.3, 0.4) is 0 Å². The molecule has 2 rings (SSSR count). The summed E-state index contributed by atoms with van der Waals surface area (Å²) in [4.78, 5) is 30.9. The van der Waals surface area contributed by atoms with Crippen molar-refractivity contribution in [3.63, 3.8) is 0 Å². The standard InChI is InChI=1S/C17H21N3O3S/c1-4-20(5-2)17(22)19-16-18-13(12-10-8-7-9-11-12)14(24-16)15(21)23-6-3/h7-11H,4-6H2,1-3H3,(H,18,19,22). The molecule has 24 heavy (non-hydrogen) atoms. The zero-order chi connectivity index (χ0) is 17.5. The molecule has 0 saturated carbocycles. The summed E-state index contributed by atoms with van der Waals surface area (Å²) in [6.07, 6.45) is 0. The lowest BCUT2D eigenvalue weighted by atomic mass is 10.1. The van der Waals surface area contributed by atoms with E-state index >= 15 is 0 Å². The molecule has 7 heteroatoms. The van der Waals surface area contributed by atoms with Gasteiger partial charge in [-0.25, -0.2) is 14.6 Å². The van der Waals surface area contributed by atoms with Gasteiger partial charge in [-0.3, -0.25) is 5.32 Å². The molecule has 2 amide bonds. The van der Waals surface area contributed by atoms with Gasteiger partial charge < -0.3 is 9.64 Å². The number of anilines is 1. The van der Waals surface area contributed by atoms with Crippen molar-refractivity contribution in [3.8, 4) is 11.3 Å². The van der Waals surface area contributed by atoms with Crippen molar-refractivity contribution in [2.75, 3.05) is 25.0 Å². The summed E-state index contributed by atoms with van der Waals surface area (Å²) in [7, 11) is 0. The first-order valence-corrected chi connectivity index (χ1v) is 8.71. The number of amides is 2. The third-order valence-corrected chi connectivity index (χ3v) is 4.35. The molecule has 6 nitrogen and oxygen atoms in total. The predicted molar refractivity (Wildman–Crippen MR) is 95.4 cm³/mol. The Morgan fingerprint density at radius 2 is 1.83 bits per heavy atom. The average molecular weight is 347 g/mol. The lowest BCUT2D eigenvalue weighted by molar-refractivity contribution is 0.0532. The maximum Gasteiger partial charge on any atom is 0.350 e. The number of aromatic nitrogens is 1. The van der Waals surface area contributed by atoms with E-state index < -0.39 is 5.97 Å². The van der Waals surface area contributed by atoms with Gasteiger partial charge in [-0.1, -0.05) is 41.7 Å². The minimum Gasteiger partial charge on any atom is -0.462 e. The number of hydrogen-bond acceptors (Lipinski definition) is 5.